The molecular weight excluding hydrogens is 342 g/mol. The Balaban J connectivity index is 1.83. The summed E-state index contributed by atoms with van der Waals surface area (Å²) in [6.07, 6.45) is 6.71. The zero-order valence-electron chi connectivity index (χ0n) is 10.9. The molecule has 3 aromatic heterocycles. The van der Waals surface area contributed by atoms with Crippen molar-refractivity contribution in [2.75, 3.05) is 0 Å². The molecule has 0 amide bonds. The van der Waals surface area contributed by atoms with Crippen LogP contribution < -0.4 is 0 Å². The summed E-state index contributed by atoms with van der Waals surface area (Å²) in [4.78, 5) is 4.77. The number of imidazole rings is 1. The molecule has 0 N–H and O–H groups in total. The van der Waals surface area contributed by atoms with E-state index in [1.54, 1.807) is 4.68 Å². The largest absolute Gasteiger partial charge is 0.305 e. The van der Waals surface area contributed by atoms with E-state index >= 15 is 0 Å². The van der Waals surface area contributed by atoms with Crippen LogP contribution >= 0.6 is 27.5 Å². The molecule has 3 aromatic rings. The average Bonchev–Trinajstić information content (AvgIpc) is 3.04. The number of hydrogen-bond donors (Lipinski definition) is 0. The molecule has 20 heavy (non-hydrogen) atoms. The molecule has 1 atom stereocenters. The minimum atomic E-state index is 0.246. The summed E-state index contributed by atoms with van der Waals surface area (Å²) < 4.78 is 3.71. The van der Waals surface area contributed by atoms with Gasteiger partial charge >= 0.3 is 0 Å². The van der Waals surface area contributed by atoms with Gasteiger partial charge in [-0.25, -0.2) is 9.67 Å². The van der Waals surface area contributed by atoms with Crippen molar-refractivity contribution in [3.63, 3.8) is 0 Å². The fraction of sp³-hybridized carbons (Fsp3) is 0.308. The standard InChI is InChI=1S/C13H13BrClN5/c1-2-11(14)12-8-20(18-17-12)7-10-6-19-5-9(15)3-4-13(19)16-10/h3-6,8,11H,2,7H2,1H3. The first-order valence-electron chi connectivity index (χ1n) is 6.33. The predicted molar refractivity (Wildman–Crippen MR) is 81.3 cm³/mol. The fourth-order valence-electron chi connectivity index (χ4n) is 2.00. The van der Waals surface area contributed by atoms with Crippen LogP contribution in [0.15, 0.2) is 30.7 Å². The van der Waals surface area contributed by atoms with Crippen molar-refractivity contribution in [3.8, 4) is 0 Å². The highest BCUT2D eigenvalue weighted by atomic mass is 79.9. The molecule has 7 heteroatoms. The Morgan fingerprint density at radius 2 is 2.15 bits per heavy atom. The average molecular weight is 355 g/mol. The van der Waals surface area contributed by atoms with E-state index in [1.165, 1.54) is 0 Å². The van der Waals surface area contributed by atoms with Gasteiger partial charge in [-0.3, -0.25) is 0 Å². The van der Waals surface area contributed by atoms with Gasteiger partial charge in [0.25, 0.3) is 0 Å². The van der Waals surface area contributed by atoms with Crippen molar-refractivity contribution >= 4 is 33.2 Å². The Morgan fingerprint density at radius 1 is 1.30 bits per heavy atom. The predicted octanol–water partition coefficient (Wildman–Crippen LogP) is 3.47. The molecule has 0 aliphatic heterocycles. The van der Waals surface area contributed by atoms with Crippen molar-refractivity contribution in [1.82, 2.24) is 24.4 Å². The third-order valence-corrected chi connectivity index (χ3v) is 4.36. The molecule has 1 unspecified atom stereocenters. The number of alkyl halides is 1. The maximum absolute atomic E-state index is 5.96. The van der Waals surface area contributed by atoms with E-state index in [1.807, 2.05) is 35.1 Å². The second kappa shape index (κ2) is 5.54. The van der Waals surface area contributed by atoms with Gasteiger partial charge in [0.2, 0.25) is 0 Å². The molecule has 0 saturated carbocycles. The molecule has 0 aliphatic rings. The van der Waals surface area contributed by atoms with E-state index in [0.717, 1.165) is 23.5 Å². The quantitative estimate of drug-likeness (QED) is 0.674. The van der Waals surface area contributed by atoms with E-state index in [0.29, 0.717) is 11.6 Å². The van der Waals surface area contributed by atoms with Crippen molar-refractivity contribution in [2.24, 2.45) is 0 Å². The van der Waals surface area contributed by atoms with Crippen LogP contribution in [0.5, 0.6) is 0 Å². The van der Waals surface area contributed by atoms with E-state index < -0.39 is 0 Å². The van der Waals surface area contributed by atoms with Gasteiger partial charge in [-0.1, -0.05) is 39.7 Å². The zero-order chi connectivity index (χ0) is 14.1. The Labute approximate surface area is 129 Å². The van der Waals surface area contributed by atoms with Gasteiger partial charge in [-0.15, -0.1) is 5.10 Å². The lowest BCUT2D eigenvalue weighted by Crippen LogP contribution is -2.00. The Bertz CT molecular complexity index is 735. The summed E-state index contributed by atoms with van der Waals surface area (Å²) in [5, 5.41) is 8.98. The normalized spacial score (nSPS) is 12.9. The Morgan fingerprint density at radius 3 is 2.95 bits per heavy atom. The summed E-state index contributed by atoms with van der Waals surface area (Å²) in [7, 11) is 0. The maximum Gasteiger partial charge on any atom is 0.137 e. The molecule has 0 spiro atoms. The lowest BCUT2D eigenvalue weighted by molar-refractivity contribution is 0.640. The van der Waals surface area contributed by atoms with Gasteiger partial charge in [0.05, 0.1) is 34.0 Å². The molecule has 5 nitrogen and oxygen atoms in total. The molecule has 3 rings (SSSR count). The minimum absolute atomic E-state index is 0.246. The molecule has 3 heterocycles. The lowest BCUT2D eigenvalue weighted by Gasteiger charge is -1.99. The van der Waals surface area contributed by atoms with Crippen LogP contribution in [0.1, 0.15) is 29.6 Å². The maximum atomic E-state index is 5.96. The third kappa shape index (κ3) is 2.71. The van der Waals surface area contributed by atoms with Crippen molar-refractivity contribution in [2.45, 2.75) is 24.7 Å². The first-order chi connectivity index (χ1) is 9.65. The summed E-state index contributed by atoms with van der Waals surface area (Å²) >= 11 is 9.53. The molecule has 0 saturated heterocycles. The molecule has 0 bridgehead atoms. The summed E-state index contributed by atoms with van der Waals surface area (Å²) in [5.74, 6) is 0. The van der Waals surface area contributed by atoms with E-state index in [9.17, 15) is 0 Å². The van der Waals surface area contributed by atoms with E-state index in [4.69, 9.17) is 11.6 Å². The van der Waals surface area contributed by atoms with Crippen LogP contribution in [-0.4, -0.2) is 24.4 Å². The minimum Gasteiger partial charge on any atom is -0.305 e. The van der Waals surface area contributed by atoms with E-state index in [2.05, 4.69) is 38.1 Å². The van der Waals surface area contributed by atoms with Gasteiger partial charge in [-0.2, -0.15) is 0 Å². The van der Waals surface area contributed by atoms with Gasteiger partial charge < -0.3 is 4.40 Å². The highest BCUT2D eigenvalue weighted by molar-refractivity contribution is 9.09. The molecule has 0 fully saturated rings. The van der Waals surface area contributed by atoms with Crippen molar-refractivity contribution in [1.29, 1.82) is 0 Å². The van der Waals surface area contributed by atoms with Crippen LogP contribution in [0.25, 0.3) is 5.65 Å². The summed E-state index contributed by atoms with van der Waals surface area (Å²) in [6, 6.07) is 3.72. The number of pyridine rings is 1. The van der Waals surface area contributed by atoms with Crippen molar-refractivity contribution < 1.29 is 0 Å². The topological polar surface area (TPSA) is 48.0 Å². The van der Waals surface area contributed by atoms with Crippen LogP contribution in [-0.2, 0) is 6.54 Å². The molecular formula is C13H13BrClN5. The number of hydrogen-bond acceptors (Lipinski definition) is 3. The summed E-state index contributed by atoms with van der Waals surface area (Å²) in [6.45, 7) is 2.69. The Kier molecular flexibility index (Phi) is 3.76. The molecule has 0 radical (unpaired) electrons. The first kappa shape index (κ1) is 13.6. The number of nitrogens with zero attached hydrogens (tertiary/aromatic N) is 5. The molecule has 0 aliphatic carbocycles. The molecule has 104 valence electrons. The second-order valence-corrected chi connectivity index (χ2v) is 6.10. The van der Waals surface area contributed by atoms with Crippen molar-refractivity contribution in [3.05, 3.63) is 47.1 Å². The van der Waals surface area contributed by atoms with Gasteiger partial charge in [0, 0.05) is 12.4 Å². The molecule has 0 aromatic carbocycles. The lowest BCUT2D eigenvalue weighted by atomic mass is 10.3. The summed E-state index contributed by atoms with van der Waals surface area (Å²) in [5.41, 5.74) is 2.74. The van der Waals surface area contributed by atoms with Gasteiger partial charge in [0.1, 0.15) is 5.65 Å². The van der Waals surface area contributed by atoms with Gasteiger partial charge in [-0.05, 0) is 18.6 Å². The fourth-order valence-corrected chi connectivity index (χ4v) is 2.38. The second-order valence-electron chi connectivity index (χ2n) is 4.56. The SMILES string of the molecule is CCC(Br)c1cn(Cc2cn3cc(Cl)ccc3n2)nn1. The van der Waals surface area contributed by atoms with Crippen LogP contribution in [0.3, 0.4) is 0 Å². The number of fused-ring (bicyclic) bond motifs is 1. The van der Waals surface area contributed by atoms with Crippen LogP contribution in [0.4, 0.5) is 0 Å². The highest BCUT2D eigenvalue weighted by Crippen LogP contribution is 2.23. The van der Waals surface area contributed by atoms with Crippen LogP contribution in [0, 0.1) is 0 Å². The van der Waals surface area contributed by atoms with Gasteiger partial charge in [0.15, 0.2) is 0 Å². The number of halogens is 2. The monoisotopic (exact) mass is 353 g/mol. The zero-order valence-corrected chi connectivity index (χ0v) is 13.2. The first-order valence-corrected chi connectivity index (χ1v) is 7.62. The van der Waals surface area contributed by atoms with Crippen LogP contribution in [0.2, 0.25) is 5.02 Å². The smallest absolute Gasteiger partial charge is 0.137 e. The number of aromatic nitrogens is 5. The van der Waals surface area contributed by atoms with E-state index in [-0.39, 0.29) is 4.83 Å². The Hall–Kier alpha value is -1.40. The third-order valence-electron chi connectivity index (χ3n) is 3.02. The highest BCUT2D eigenvalue weighted by Gasteiger charge is 2.10. The number of rotatable bonds is 4.